The monoisotopic (exact) mass is 301 g/mol. The highest BCUT2D eigenvalue weighted by Crippen LogP contribution is 2.37. The molecule has 0 radical (unpaired) electrons. The Morgan fingerprint density at radius 3 is 2.36 bits per heavy atom. The Bertz CT molecular complexity index is 717. The molecule has 0 bridgehead atoms. The van der Waals surface area contributed by atoms with E-state index in [2.05, 4.69) is 0 Å². The quantitative estimate of drug-likeness (QED) is 0.653. The minimum atomic E-state index is -0.962. The summed E-state index contributed by atoms with van der Waals surface area (Å²) in [4.78, 5) is 10.3. The first-order valence-corrected chi connectivity index (χ1v) is 6.68. The van der Waals surface area contributed by atoms with Crippen molar-refractivity contribution in [1.29, 1.82) is 0 Å². The molecule has 1 atom stereocenters. The molecule has 0 saturated carbocycles. The largest absolute Gasteiger partial charge is 0.454 e. The molecule has 2 aromatic rings. The first kappa shape index (κ1) is 14.3. The summed E-state index contributed by atoms with van der Waals surface area (Å²) in [5.41, 5.74) is 12.8. The molecule has 0 amide bonds. The van der Waals surface area contributed by atoms with E-state index >= 15 is 0 Å². The van der Waals surface area contributed by atoms with Gasteiger partial charge in [0.2, 0.25) is 6.79 Å². The molecule has 4 N–H and O–H groups in total. The fourth-order valence-corrected chi connectivity index (χ4v) is 2.46. The third-order valence-corrected chi connectivity index (χ3v) is 3.80. The molecule has 1 aliphatic heterocycles. The van der Waals surface area contributed by atoms with Crippen molar-refractivity contribution < 1.29 is 14.4 Å². The Kier molecular flexibility index (Phi) is 3.44. The van der Waals surface area contributed by atoms with Gasteiger partial charge in [-0.05, 0) is 35.4 Å². The molecule has 114 valence electrons. The van der Waals surface area contributed by atoms with Crippen LogP contribution in [0.1, 0.15) is 11.1 Å². The van der Waals surface area contributed by atoms with Crippen LogP contribution in [0.2, 0.25) is 0 Å². The zero-order valence-electron chi connectivity index (χ0n) is 11.7. The number of hydrogen-bond acceptors (Lipinski definition) is 6. The molecule has 22 heavy (non-hydrogen) atoms. The maximum atomic E-state index is 10.7. The number of benzene rings is 2. The lowest BCUT2D eigenvalue weighted by molar-refractivity contribution is -0.384. The van der Waals surface area contributed by atoms with Crippen molar-refractivity contribution in [3.63, 3.8) is 0 Å². The van der Waals surface area contributed by atoms with Crippen molar-refractivity contribution >= 4 is 5.69 Å². The highest BCUT2D eigenvalue weighted by atomic mass is 16.7. The van der Waals surface area contributed by atoms with Gasteiger partial charge in [0.15, 0.2) is 11.5 Å². The topological polar surface area (TPSA) is 114 Å². The molecular formula is C15H15N3O4. The number of nitro groups is 1. The third kappa shape index (κ3) is 2.26. The van der Waals surface area contributed by atoms with Gasteiger partial charge in [0, 0.05) is 18.7 Å². The summed E-state index contributed by atoms with van der Waals surface area (Å²) in [6.07, 6.45) is 0. The smallest absolute Gasteiger partial charge is 0.269 e. The van der Waals surface area contributed by atoms with Crippen molar-refractivity contribution in [1.82, 2.24) is 0 Å². The molecule has 0 aromatic heterocycles. The number of nitrogens with zero attached hydrogens (tertiary/aromatic N) is 1. The zero-order valence-corrected chi connectivity index (χ0v) is 11.7. The van der Waals surface area contributed by atoms with Crippen molar-refractivity contribution in [3.8, 4) is 11.5 Å². The van der Waals surface area contributed by atoms with Gasteiger partial charge in [-0.15, -0.1) is 0 Å². The molecule has 1 aliphatic rings. The number of rotatable bonds is 4. The molecule has 0 fully saturated rings. The molecule has 1 heterocycles. The number of ether oxygens (including phenoxy) is 2. The number of nitro benzene ring substituents is 1. The maximum absolute atomic E-state index is 10.7. The Labute approximate surface area is 126 Å². The van der Waals surface area contributed by atoms with Crippen LogP contribution in [-0.2, 0) is 5.54 Å². The van der Waals surface area contributed by atoms with Gasteiger partial charge in [-0.1, -0.05) is 6.07 Å². The zero-order chi connectivity index (χ0) is 15.7. The van der Waals surface area contributed by atoms with E-state index in [4.69, 9.17) is 20.9 Å². The van der Waals surface area contributed by atoms with Crippen LogP contribution < -0.4 is 20.9 Å². The standard InChI is InChI=1S/C15H15N3O4/c16-8-15(17,10-1-4-12(5-2-10)18(19)20)11-3-6-13-14(7-11)22-9-21-13/h1-7H,8-9,16-17H2. The van der Waals surface area contributed by atoms with Gasteiger partial charge in [-0.3, -0.25) is 10.1 Å². The lowest BCUT2D eigenvalue weighted by atomic mass is 9.83. The van der Waals surface area contributed by atoms with Gasteiger partial charge in [-0.2, -0.15) is 0 Å². The highest BCUT2D eigenvalue weighted by molar-refractivity contribution is 5.50. The van der Waals surface area contributed by atoms with E-state index in [1.165, 1.54) is 12.1 Å². The van der Waals surface area contributed by atoms with Crippen LogP contribution in [0.4, 0.5) is 5.69 Å². The molecule has 0 aliphatic carbocycles. The Balaban J connectivity index is 2.02. The molecular weight excluding hydrogens is 286 g/mol. The number of hydrogen-bond donors (Lipinski definition) is 2. The first-order chi connectivity index (χ1) is 10.5. The van der Waals surface area contributed by atoms with Crippen LogP contribution in [0.5, 0.6) is 11.5 Å². The average Bonchev–Trinajstić information content (AvgIpc) is 3.01. The van der Waals surface area contributed by atoms with Crippen molar-refractivity contribution in [2.75, 3.05) is 13.3 Å². The van der Waals surface area contributed by atoms with E-state index in [0.717, 1.165) is 5.56 Å². The minimum absolute atomic E-state index is 0.00816. The molecule has 0 spiro atoms. The molecule has 0 saturated heterocycles. The van der Waals surface area contributed by atoms with E-state index in [1.807, 2.05) is 6.07 Å². The van der Waals surface area contributed by atoms with Gasteiger partial charge in [-0.25, -0.2) is 0 Å². The van der Waals surface area contributed by atoms with Gasteiger partial charge in [0.05, 0.1) is 10.5 Å². The van der Waals surface area contributed by atoms with Crippen LogP contribution >= 0.6 is 0 Å². The summed E-state index contributed by atoms with van der Waals surface area (Å²) in [5.74, 6) is 1.27. The van der Waals surface area contributed by atoms with Crippen molar-refractivity contribution in [3.05, 3.63) is 63.7 Å². The summed E-state index contributed by atoms with van der Waals surface area (Å²) in [6.45, 7) is 0.320. The first-order valence-electron chi connectivity index (χ1n) is 6.68. The van der Waals surface area contributed by atoms with Crippen LogP contribution in [-0.4, -0.2) is 18.3 Å². The minimum Gasteiger partial charge on any atom is -0.454 e. The average molecular weight is 301 g/mol. The van der Waals surface area contributed by atoms with Crippen molar-refractivity contribution in [2.45, 2.75) is 5.54 Å². The lowest BCUT2D eigenvalue weighted by Crippen LogP contribution is -2.45. The van der Waals surface area contributed by atoms with Gasteiger partial charge >= 0.3 is 0 Å². The van der Waals surface area contributed by atoms with E-state index < -0.39 is 10.5 Å². The summed E-state index contributed by atoms with van der Waals surface area (Å²) in [5, 5.41) is 10.7. The number of fused-ring (bicyclic) bond motifs is 1. The summed E-state index contributed by atoms with van der Waals surface area (Å²) in [6, 6.07) is 11.5. The summed E-state index contributed by atoms with van der Waals surface area (Å²) in [7, 11) is 0. The predicted octanol–water partition coefficient (Wildman–Crippen LogP) is 1.48. The fraction of sp³-hybridized carbons (Fsp3) is 0.200. The van der Waals surface area contributed by atoms with E-state index in [1.54, 1.807) is 24.3 Å². The van der Waals surface area contributed by atoms with Gasteiger partial charge in [0.25, 0.3) is 5.69 Å². The van der Waals surface area contributed by atoms with Gasteiger partial charge in [0.1, 0.15) is 0 Å². The van der Waals surface area contributed by atoms with Crippen LogP contribution in [0.25, 0.3) is 0 Å². The Hall–Kier alpha value is -2.64. The predicted molar refractivity (Wildman–Crippen MR) is 79.7 cm³/mol. The highest BCUT2D eigenvalue weighted by Gasteiger charge is 2.30. The molecule has 7 nitrogen and oxygen atoms in total. The van der Waals surface area contributed by atoms with E-state index in [0.29, 0.717) is 17.1 Å². The molecule has 3 rings (SSSR count). The van der Waals surface area contributed by atoms with E-state index in [-0.39, 0.29) is 19.0 Å². The maximum Gasteiger partial charge on any atom is 0.269 e. The van der Waals surface area contributed by atoms with Crippen LogP contribution in [0, 0.1) is 10.1 Å². The molecule has 2 aromatic carbocycles. The third-order valence-electron chi connectivity index (χ3n) is 3.80. The van der Waals surface area contributed by atoms with Crippen molar-refractivity contribution in [2.24, 2.45) is 11.5 Å². The van der Waals surface area contributed by atoms with Crippen LogP contribution in [0.15, 0.2) is 42.5 Å². The summed E-state index contributed by atoms with van der Waals surface area (Å²) >= 11 is 0. The Morgan fingerprint density at radius 1 is 1.09 bits per heavy atom. The Morgan fingerprint density at radius 2 is 1.73 bits per heavy atom. The fourth-order valence-electron chi connectivity index (χ4n) is 2.46. The normalized spacial score (nSPS) is 15.4. The van der Waals surface area contributed by atoms with E-state index in [9.17, 15) is 10.1 Å². The second-order valence-electron chi connectivity index (χ2n) is 5.05. The SMILES string of the molecule is NCC(N)(c1ccc([N+](=O)[O-])cc1)c1ccc2c(c1)OCO2. The molecule has 7 heteroatoms. The summed E-state index contributed by atoms with van der Waals surface area (Å²) < 4.78 is 10.6. The number of non-ortho nitro benzene ring substituents is 1. The lowest BCUT2D eigenvalue weighted by Gasteiger charge is -2.29. The second kappa shape index (κ2) is 5.28. The van der Waals surface area contributed by atoms with Gasteiger partial charge < -0.3 is 20.9 Å². The number of nitrogens with two attached hydrogens (primary N) is 2. The second-order valence-corrected chi connectivity index (χ2v) is 5.05. The van der Waals surface area contributed by atoms with Crippen LogP contribution in [0.3, 0.4) is 0 Å². The molecule has 1 unspecified atom stereocenters.